The summed E-state index contributed by atoms with van der Waals surface area (Å²) >= 11 is 0. The van der Waals surface area contributed by atoms with Gasteiger partial charge in [0.05, 0.1) is 17.4 Å². The number of benzene rings is 3. The normalized spacial score (nSPS) is 12.9. The molecule has 0 spiro atoms. The first kappa shape index (κ1) is 33.6. The number of nitrogens with two attached hydrogens (primary N) is 1. The molecule has 9 nitrogen and oxygen atoms in total. The molecular weight excluding hydrogens is 546 g/mol. The zero-order chi connectivity index (χ0) is 31.0. The monoisotopic (exact) mass is 585 g/mol. The molecule has 0 aromatic heterocycles. The van der Waals surface area contributed by atoms with Crippen molar-refractivity contribution in [3.63, 3.8) is 0 Å². The molecule has 0 aliphatic rings. The molecule has 2 unspecified atom stereocenters. The first-order valence-corrected chi connectivity index (χ1v) is 14.8. The van der Waals surface area contributed by atoms with E-state index in [1.165, 1.54) is 18.2 Å². The van der Waals surface area contributed by atoms with Crippen LogP contribution in [0.1, 0.15) is 71.2 Å². The molecule has 0 fully saturated rings. The second kappa shape index (κ2) is 14.4. The molecule has 3 rings (SSSR count). The Labute approximate surface area is 242 Å². The summed E-state index contributed by atoms with van der Waals surface area (Å²) in [6.07, 6.45) is -0.158. The van der Waals surface area contributed by atoms with E-state index in [4.69, 9.17) is 24.5 Å². The van der Waals surface area contributed by atoms with Crippen LogP contribution in [0.25, 0.3) is 0 Å². The Morgan fingerprint density at radius 3 is 1.71 bits per heavy atom. The van der Waals surface area contributed by atoms with E-state index in [2.05, 4.69) is 0 Å². The van der Waals surface area contributed by atoms with Crippen LogP contribution < -0.4 is 15.2 Å². The molecule has 2 atom stereocenters. The molecule has 0 radical (unpaired) electrons. The molecular formula is C31H39NO8S. The number of hydrogen-bond acceptors (Lipinski definition) is 9. The second-order valence-corrected chi connectivity index (χ2v) is 12.1. The first-order valence-electron chi connectivity index (χ1n) is 13.0. The van der Waals surface area contributed by atoms with Crippen LogP contribution in [0.15, 0.2) is 66.7 Å². The van der Waals surface area contributed by atoms with Crippen LogP contribution in [-0.4, -0.2) is 44.4 Å². The van der Waals surface area contributed by atoms with Gasteiger partial charge in [-0.3, -0.25) is 4.18 Å². The lowest BCUT2D eigenvalue weighted by atomic mass is 9.82. The van der Waals surface area contributed by atoms with Gasteiger partial charge in [0.15, 0.2) is 11.5 Å². The lowest BCUT2D eigenvalue weighted by Crippen LogP contribution is -2.42. The molecule has 0 saturated carbocycles. The summed E-state index contributed by atoms with van der Waals surface area (Å²) in [4.78, 5) is 26.0. The van der Waals surface area contributed by atoms with Crippen molar-refractivity contribution in [1.29, 1.82) is 0 Å². The highest BCUT2D eigenvalue weighted by molar-refractivity contribution is 7.86. The average molecular weight is 586 g/mol. The molecule has 10 heteroatoms. The van der Waals surface area contributed by atoms with E-state index < -0.39 is 39.6 Å². The molecule has 3 N–H and O–H groups in total. The predicted molar refractivity (Wildman–Crippen MR) is 158 cm³/mol. The van der Waals surface area contributed by atoms with Crippen molar-refractivity contribution in [1.82, 2.24) is 0 Å². The van der Waals surface area contributed by atoms with E-state index in [1.807, 2.05) is 20.8 Å². The van der Waals surface area contributed by atoms with Crippen molar-refractivity contribution in [2.45, 2.75) is 53.7 Å². The average Bonchev–Trinajstić information content (AvgIpc) is 2.87. The third-order valence-electron chi connectivity index (χ3n) is 6.04. The maximum atomic E-state index is 13.1. The first-order chi connectivity index (χ1) is 19.1. The fourth-order valence-corrected chi connectivity index (χ4v) is 4.35. The van der Waals surface area contributed by atoms with Crippen LogP contribution in [-0.2, 0) is 14.3 Å². The molecule has 0 heterocycles. The Bertz CT molecular complexity index is 1460. The minimum absolute atomic E-state index is 0.0219. The quantitative estimate of drug-likeness (QED) is 0.209. The van der Waals surface area contributed by atoms with Gasteiger partial charge in [0.2, 0.25) is 0 Å². The molecule has 0 saturated heterocycles. The van der Waals surface area contributed by atoms with Crippen molar-refractivity contribution < 1.29 is 36.8 Å². The Hall–Kier alpha value is -3.57. The number of aliphatic hydroxyl groups is 1. The van der Waals surface area contributed by atoms with Gasteiger partial charge in [0, 0.05) is 12.6 Å². The topological polar surface area (TPSA) is 142 Å². The summed E-state index contributed by atoms with van der Waals surface area (Å²) in [5.74, 6) is -1.42. The zero-order valence-corrected chi connectivity index (χ0v) is 25.3. The highest BCUT2D eigenvalue weighted by Gasteiger charge is 2.34. The molecule has 0 aliphatic carbocycles. The van der Waals surface area contributed by atoms with Gasteiger partial charge in [-0.2, -0.15) is 8.42 Å². The molecule has 0 aliphatic heterocycles. The third-order valence-corrected chi connectivity index (χ3v) is 6.59. The summed E-state index contributed by atoms with van der Waals surface area (Å²) in [6, 6.07) is 17.4. The van der Waals surface area contributed by atoms with E-state index in [0.717, 1.165) is 6.26 Å². The minimum atomic E-state index is -3.90. The smallest absolute Gasteiger partial charge is 0.343 e. The molecule has 222 valence electrons. The van der Waals surface area contributed by atoms with Crippen LogP contribution in [0, 0.1) is 19.3 Å². The number of carbonyl (C=O) groups excluding carboxylic acids is 2. The molecule has 3 aromatic rings. The van der Waals surface area contributed by atoms with Gasteiger partial charge in [0.1, 0.15) is 6.10 Å². The molecule has 0 amide bonds. The number of carbonyl (C=O) groups is 2. The molecule has 41 heavy (non-hydrogen) atoms. The summed E-state index contributed by atoms with van der Waals surface area (Å²) in [5.41, 5.74) is 8.30. The van der Waals surface area contributed by atoms with Crippen molar-refractivity contribution in [2.75, 3.05) is 12.9 Å². The highest BCUT2D eigenvalue weighted by Crippen LogP contribution is 2.38. The highest BCUT2D eigenvalue weighted by atomic mass is 32.2. The van der Waals surface area contributed by atoms with Crippen molar-refractivity contribution in [2.24, 2.45) is 11.1 Å². The van der Waals surface area contributed by atoms with Gasteiger partial charge in [0.25, 0.3) is 10.1 Å². The predicted octanol–water partition coefficient (Wildman–Crippen LogP) is 5.13. The van der Waals surface area contributed by atoms with Crippen LogP contribution >= 0.6 is 0 Å². The summed E-state index contributed by atoms with van der Waals surface area (Å²) in [6.45, 7) is 11.0. The Kier molecular flexibility index (Phi) is 11.8. The largest absolute Gasteiger partial charge is 0.419 e. The Morgan fingerprint density at radius 2 is 1.29 bits per heavy atom. The van der Waals surface area contributed by atoms with E-state index in [1.54, 1.807) is 69.3 Å². The zero-order valence-electron chi connectivity index (χ0n) is 24.5. The van der Waals surface area contributed by atoms with Gasteiger partial charge >= 0.3 is 11.9 Å². The number of rotatable bonds is 8. The number of ether oxygens (including phenoxy) is 2. The molecule has 0 bridgehead atoms. The summed E-state index contributed by atoms with van der Waals surface area (Å²) in [5, 5.41) is 7.57. The van der Waals surface area contributed by atoms with Gasteiger partial charge in [-0.15, -0.1) is 0 Å². The Balaban J connectivity index is 0.00000187. The van der Waals surface area contributed by atoms with Crippen molar-refractivity contribution in [3.8, 4) is 11.5 Å². The Morgan fingerprint density at radius 1 is 0.854 bits per heavy atom. The van der Waals surface area contributed by atoms with E-state index in [9.17, 15) is 18.0 Å². The van der Waals surface area contributed by atoms with Crippen LogP contribution in [0.4, 0.5) is 0 Å². The fourth-order valence-electron chi connectivity index (χ4n) is 3.74. The summed E-state index contributed by atoms with van der Waals surface area (Å²) < 4.78 is 40.9. The second-order valence-electron chi connectivity index (χ2n) is 10.5. The lowest BCUT2D eigenvalue weighted by Gasteiger charge is -2.33. The van der Waals surface area contributed by atoms with Crippen molar-refractivity contribution in [3.05, 3.63) is 94.5 Å². The van der Waals surface area contributed by atoms with Gasteiger partial charge < -0.3 is 20.3 Å². The number of aryl methyl sites for hydroxylation is 2. The fraction of sp³-hybridized carbons (Fsp3) is 0.355. The van der Waals surface area contributed by atoms with Crippen LogP contribution in [0.5, 0.6) is 11.5 Å². The van der Waals surface area contributed by atoms with Gasteiger partial charge in [-0.1, -0.05) is 63.2 Å². The van der Waals surface area contributed by atoms with E-state index in [-0.39, 0.29) is 18.1 Å². The maximum Gasteiger partial charge on any atom is 0.343 e. The van der Waals surface area contributed by atoms with Crippen LogP contribution in [0.3, 0.4) is 0 Å². The SMILES string of the molecule is CCO.Cc1ccccc1C(=O)Oc1ccc(C(OS(C)(=O)=O)C(N)C(C)(C)C)cc1OC(=O)c1ccccc1C. The number of hydrogen-bond donors (Lipinski definition) is 2. The van der Waals surface area contributed by atoms with E-state index >= 15 is 0 Å². The van der Waals surface area contributed by atoms with Gasteiger partial charge in [-0.25, -0.2) is 9.59 Å². The lowest BCUT2D eigenvalue weighted by molar-refractivity contribution is 0.0680. The number of aliphatic hydroxyl groups excluding tert-OH is 1. The summed E-state index contributed by atoms with van der Waals surface area (Å²) in [7, 11) is -3.90. The number of esters is 2. The molecule has 3 aromatic carbocycles. The van der Waals surface area contributed by atoms with Crippen molar-refractivity contribution >= 4 is 22.1 Å². The third kappa shape index (κ3) is 9.79. The minimum Gasteiger partial charge on any atom is -0.419 e. The van der Waals surface area contributed by atoms with Gasteiger partial charge in [-0.05, 0) is 67.1 Å². The standard InChI is InChI=1S/C29H33NO7S.C2H6O/c1-18-11-7-9-13-21(18)27(31)35-23-16-15-20(25(37-38(6,33)34)26(30)29(3,4)5)17-24(23)36-28(32)22-14-10-8-12-19(22)2;1-2-3/h7-17,25-26H,30H2,1-6H3;3H,2H2,1H3. The van der Waals surface area contributed by atoms with Crippen LogP contribution in [0.2, 0.25) is 0 Å². The van der Waals surface area contributed by atoms with E-state index in [0.29, 0.717) is 27.8 Å². The maximum absolute atomic E-state index is 13.1.